The summed E-state index contributed by atoms with van der Waals surface area (Å²) in [5.41, 5.74) is 0.674. The highest BCUT2D eigenvalue weighted by atomic mass is 32.2. The average molecular weight is 443 g/mol. The summed E-state index contributed by atoms with van der Waals surface area (Å²) in [6, 6.07) is 9.02. The molecule has 4 rings (SSSR count). The molecule has 2 atom stereocenters. The van der Waals surface area contributed by atoms with Gasteiger partial charge in [-0.05, 0) is 55.7 Å². The normalized spacial score (nSPS) is 17.0. The number of carbonyl (C=O) groups excluding carboxylic acids is 1. The van der Waals surface area contributed by atoms with E-state index < -0.39 is 5.25 Å². The monoisotopic (exact) mass is 442 g/mol. The molecule has 1 saturated heterocycles. The van der Waals surface area contributed by atoms with Gasteiger partial charge in [0.25, 0.3) is 5.56 Å². The topological polar surface area (TPSA) is 86.1 Å². The molecule has 1 N–H and O–H groups in total. The second-order valence-electron chi connectivity index (χ2n) is 7.33. The zero-order chi connectivity index (χ0) is 21.8. The van der Waals surface area contributed by atoms with Gasteiger partial charge >= 0.3 is 0 Å². The fourth-order valence-corrected chi connectivity index (χ4v) is 4.50. The van der Waals surface area contributed by atoms with E-state index in [1.165, 1.54) is 36.0 Å². The van der Waals surface area contributed by atoms with Gasteiger partial charge in [-0.3, -0.25) is 14.2 Å². The number of aromatic nitrogens is 3. The van der Waals surface area contributed by atoms with Crippen LogP contribution < -0.4 is 10.9 Å². The molecule has 1 aromatic carbocycles. The summed E-state index contributed by atoms with van der Waals surface area (Å²) in [5, 5.41) is 3.19. The number of pyridine rings is 1. The maximum absolute atomic E-state index is 13.2. The largest absolute Gasteiger partial charge is 0.376 e. The number of anilines is 1. The smallest absolute Gasteiger partial charge is 0.263 e. The van der Waals surface area contributed by atoms with Crippen molar-refractivity contribution in [3.63, 3.8) is 0 Å². The lowest BCUT2D eigenvalue weighted by atomic mass is 10.2. The molecule has 31 heavy (non-hydrogen) atoms. The van der Waals surface area contributed by atoms with Crippen molar-refractivity contribution in [1.82, 2.24) is 14.5 Å². The Balaban J connectivity index is 1.63. The van der Waals surface area contributed by atoms with Crippen LogP contribution in [0.4, 0.5) is 10.1 Å². The Labute approximate surface area is 183 Å². The summed E-state index contributed by atoms with van der Waals surface area (Å²) >= 11 is 1.23. The summed E-state index contributed by atoms with van der Waals surface area (Å²) in [7, 11) is 0. The number of amides is 1. The van der Waals surface area contributed by atoms with Crippen molar-refractivity contribution >= 4 is 34.4 Å². The number of hydrogen-bond acceptors (Lipinski definition) is 6. The van der Waals surface area contributed by atoms with E-state index in [1.54, 1.807) is 22.9 Å². The number of rotatable bonds is 7. The summed E-state index contributed by atoms with van der Waals surface area (Å²) < 4.78 is 20.5. The first-order chi connectivity index (χ1) is 15.0. The highest BCUT2D eigenvalue weighted by Crippen LogP contribution is 2.27. The average Bonchev–Trinajstić information content (AvgIpc) is 3.29. The molecule has 162 valence electrons. The standard InChI is InChI=1S/C22H23FN4O3S/c1-2-18(20(28)25-15-9-7-14(23)8-10-15)31-22-26-19-17(6-3-11-24-19)21(29)27(22)13-16-5-4-12-30-16/h3,6-11,16,18H,2,4-5,12-13H2,1H3,(H,25,28)/t16-,18+/m0/s1. The number of nitrogens with zero attached hydrogens (tertiary/aromatic N) is 3. The molecule has 3 aromatic rings. The van der Waals surface area contributed by atoms with Crippen molar-refractivity contribution in [2.75, 3.05) is 11.9 Å². The zero-order valence-electron chi connectivity index (χ0n) is 17.1. The van der Waals surface area contributed by atoms with E-state index >= 15 is 0 Å². The quantitative estimate of drug-likeness (QED) is 0.444. The van der Waals surface area contributed by atoms with Crippen molar-refractivity contribution in [2.24, 2.45) is 0 Å². The number of carbonyl (C=O) groups is 1. The van der Waals surface area contributed by atoms with Crippen LogP contribution in [0.15, 0.2) is 52.5 Å². The second kappa shape index (κ2) is 9.57. The molecule has 9 heteroatoms. The SMILES string of the molecule is CC[C@@H](Sc1nc2ncccc2c(=O)n1C[C@@H]1CCCO1)C(=O)Nc1ccc(F)cc1. The van der Waals surface area contributed by atoms with Gasteiger partial charge in [0.2, 0.25) is 5.91 Å². The van der Waals surface area contributed by atoms with Crippen molar-refractivity contribution < 1.29 is 13.9 Å². The van der Waals surface area contributed by atoms with E-state index in [-0.39, 0.29) is 23.4 Å². The summed E-state index contributed by atoms with van der Waals surface area (Å²) in [4.78, 5) is 34.9. The summed E-state index contributed by atoms with van der Waals surface area (Å²) in [6.45, 7) is 2.96. The minimum atomic E-state index is -0.492. The molecule has 1 aliphatic heterocycles. The van der Waals surface area contributed by atoms with Crippen molar-refractivity contribution in [3.05, 3.63) is 58.8 Å². The van der Waals surface area contributed by atoms with Gasteiger partial charge in [-0.15, -0.1) is 0 Å². The maximum atomic E-state index is 13.2. The van der Waals surface area contributed by atoms with E-state index in [1.807, 2.05) is 6.92 Å². The van der Waals surface area contributed by atoms with Gasteiger partial charge in [-0.1, -0.05) is 18.7 Å². The van der Waals surface area contributed by atoms with Crippen molar-refractivity contribution in [3.8, 4) is 0 Å². The van der Waals surface area contributed by atoms with Crippen molar-refractivity contribution in [1.29, 1.82) is 0 Å². The van der Waals surface area contributed by atoms with Crippen LogP contribution in [0.3, 0.4) is 0 Å². The van der Waals surface area contributed by atoms with E-state index in [2.05, 4.69) is 15.3 Å². The van der Waals surface area contributed by atoms with Crippen LogP contribution in [-0.2, 0) is 16.1 Å². The minimum Gasteiger partial charge on any atom is -0.376 e. The molecule has 0 aliphatic carbocycles. The van der Waals surface area contributed by atoms with Gasteiger partial charge in [-0.25, -0.2) is 14.4 Å². The van der Waals surface area contributed by atoms with Crippen LogP contribution in [0.1, 0.15) is 26.2 Å². The van der Waals surface area contributed by atoms with Gasteiger partial charge in [0.1, 0.15) is 5.82 Å². The number of hydrogen-bond donors (Lipinski definition) is 1. The van der Waals surface area contributed by atoms with Crippen LogP contribution in [-0.4, -0.2) is 38.4 Å². The third-order valence-electron chi connectivity index (χ3n) is 5.13. The lowest BCUT2D eigenvalue weighted by molar-refractivity contribution is -0.115. The minimum absolute atomic E-state index is 0.0545. The van der Waals surface area contributed by atoms with E-state index in [0.717, 1.165) is 12.8 Å². The lowest BCUT2D eigenvalue weighted by Crippen LogP contribution is -2.31. The van der Waals surface area contributed by atoms with Gasteiger partial charge < -0.3 is 10.1 Å². The van der Waals surface area contributed by atoms with E-state index in [9.17, 15) is 14.0 Å². The highest BCUT2D eigenvalue weighted by molar-refractivity contribution is 8.00. The molecule has 2 aromatic heterocycles. The third kappa shape index (κ3) is 4.94. The van der Waals surface area contributed by atoms with Crippen LogP contribution >= 0.6 is 11.8 Å². The maximum Gasteiger partial charge on any atom is 0.263 e. The van der Waals surface area contributed by atoms with E-state index in [4.69, 9.17) is 4.74 Å². The molecule has 1 amide bonds. The fourth-order valence-electron chi connectivity index (χ4n) is 3.48. The molecule has 0 radical (unpaired) electrons. The Kier molecular flexibility index (Phi) is 6.62. The first-order valence-corrected chi connectivity index (χ1v) is 11.1. The molecule has 0 spiro atoms. The fraction of sp³-hybridized carbons (Fsp3) is 0.364. The third-order valence-corrected chi connectivity index (χ3v) is 6.48. The van der Waals surface area contributed by atoms with Crippen LogP contribution in [0, 0.1) is 5.82 Å². The number of halogens is 1. The van der Waals surface area contributed by atoms with E-state index in [0.29, 0.717) is 41.4 Å². The molecule has 0 bridgehead atoms. The molecule has 7 nitrogen and oxygen atoms in total. The Morgan fingerprint density at radius 1 is 1.35 bits per heavy atom. The molecular weight excluding hydrogens is 419 g/mol. The first kappa shape index (κ1) is 21.5. The molecule has 0 unspecified atom stereocenters. The molecule has 1 fully saturated rings. The molecule has 1 aliphatic rings. The predicted octanol–water partition coefficient (Wildman–Crippen LogP) is 3.62. The van der Waals surface area contributed by atoms with Gasteiger partial charge in [0.05, 0.1) is 23.3 Å². The number of ether oxygens (including phenoxy) is 1. The van der Waals surface area contributed by atoms with Gasteiger partial charge in [0, 0.05) is 18.5 Å². The first-order valence-electron chi connectivity index (χ1n) is 10.3. The zero-order valence-corrected chi connectivity index (χ0v) is 17.9. The second-order valence-corrected chi connectivity index (χ2v) is 8.50. The number of thioether (sulfide) groups is 1. The van der Waals surface area contributed by atoms with Crippen LogP contribution in [0.25, 0.3) is 11.0 Å². The lowest BCUT2D eigenvalue weighted by Gasteiger charge is -2.19. The number of fused-ring (bicyclic) bond motifs is 1. The number of benzene rings is 1. The highest BCUT2D eigenvalue weighted by Gasteiger charge is 2.25. The summed E-state index contributed by atoms with van der Waals surface area (Å²) in [5.74, 6) is -0.608. The van der Waals surface area contributed by atoms with Crippen LogP contribution in [0.2, 0.25) is 0 Å². The number of nitrogens with one attached hydrogen (secondary N) is 1. The Bertz CT molecular complexity index is 1130. The Morgan fingerprint density at radius 3 is 2.87 bits per heavy atom. The van der Waals surface area contributed by atoms with Gasteiger partial charge in [-0.2, -0.15) is 0 Å². The Hall–Kier alpha value is -2.78. The summed E-state index contributed by atoms with van der Waals surface area (Å²) in [6.07, 6.45) is 3.90. The van der Waals surface area contributed by atoms with Crippen LogP contribution in [0.5, 0.6) is 0 Å². The molecule has 3 heterocycles. The molecule has 0 saturated carbocycles. The van der Waals surface area contributed by atoms with Crippen molar-refractivity contribution in [2.45, 2.75) is 49.2 Å². The Morgan fingerprint density at radius 2 is 2.16 bits per heavy atom. The predicted molar refractivity (Wildman–Crippen MR) is 118 cm³/mol. The van der Waals surface area contributed by atoms with Gasteiger partial charge in [0.15, 0.2) is 10.8 Å². The molecular formula is C22H23FN4O3S.